The van der Waals surface area contributed by atoms with Gasteiger partial charge < -0.3 is 9.88 Å². The molecule has 0 aliphatic heterocycles. The van der Waals surface area contributed by atoms with E-state index in [9.17, 15) is 9.59 Å². The van der Waals surface area contributed by atoms with Crippen molar-refractivity contribution in [2.24, 2.45) is 5.92 Å². The van der Waals surface area contributed by atoms with Crippen molar-refractivity contribution in [1.82, 2.24) is 20.1 Å². The van der Waals surface area contributed by atoms with E-state index in [4.69, 9.17) is 0 Å². The SMILES string of the molecule is CC1CCC(NC(=O)CCCn2c3ccccc3c3cn[nH]c(=O)c32)CC1. The molecule has 1 saturated carbocycles. The van der Waals surface area contributed by atoms with Crippen molar-refractivity contribution in [2.45, 2.75) is 58.0 Å². The molecule has 6 heteroatoms. The monoisotopic (exact) mass is 366 g/mol. The lowest BCUT2D eigenvalue weighted by atomic mass is 9.87. The highest BCUT2D eigenvalue weighted by molar-refractivity contribution is 6.07. The van der Waals surface area contributed by atoms with Gasteiger partial charge in [-0.15, -0.1) is 0 Å². The Morgan fingerprint density at radius 2 is 2.00 bits per heavy atom. The number of aromatic nitrogens is 3. The van der Waals surface area contributed by atoms with E-state index in [2.05, 4.69) is 22.4 Å². The van der Waals surface area contributed by atoms with Crippen LogP contribution in [0.15, 0.2) is 35.3 Å². The van der Waals surface area contributed by atoms with Crippen molar-refractivity contribution >= 4 is 27.7 Å². The zero-order valence-electron chi connectivity index (χ0n) is 15.7. The van der Waals surface area contributed by atoms with Crippen LogP contribution in [-0.2, 0) is 11.3 Å². The van der Waals surface area contributed by atoms with Gasteiger partial charge in [-0.25, -0.2) is 5.10 Å². The average molecular weight is 366 g/mol. The number of fused-ring (bicyclic) bond motifs is 3. The maximum atomic E-state index is 12.3. The first-order valence-corrected chi connectivity index (χ1v) is 9.87. The van der Waals surface area contributed by atoms with Gasteiger partial charge in [-0.3, -0.25) is 9.59 Å². The number of nitrogens with one attached hydrogen (secondary N) is 2. The summed E-state index contributed by atoms with van der Waals surface area (Å²) in [6, 6.07) is 8.28. The van der Waals surface area contributed by atoms with Gasteiger partial charge in [0.2, 0.25) is 5.91 Å². The molecule has 0 radical (unpaired) electrons. The fraction of sp³-hybridized carbons (Fsp3) is 0.476. The summed E-state index contributed by atoms with van der Waals surface area (Å²) >= 11 is 0. The summed E-state index contributed by atoms with van der Waals surface area (Å²) in [6.07, 6.45) is 7.44. The zero-order valence-corrected chi connectivity index (χ0v) is 15.7. The van der Waals surface area contributed by atoms with Gasteiger partial charge in [0.05, 0.1) is 6.20 Å². The number of para-hydroxylation sites is 1. The molecule has 0 bridgehead atoms. The van der Waals surface area contributed by atoms with Gasteiger partial charge in [0.1, 0.15) is 5.52 Å². The first kappa shape index (κ1) is 17.8. The van der Waals surface area contributed by atoms with Crippen LogP contribution in [0.2, 0.25) is 0 Å². The maximum Gasteiger partial charge on any atom is 0.288 e. The third-order valence-electron chi connectivity index (χ3n) is 5.75. The number of carbonyl (C=O) groups is 1. The molecule has 1 aliphatic carbocycles. The normalized spacial score (nSPS) is 20.2. The minimum atomic E-state index is -0.190. The summed E-state index contributed by atoms with van der Waals surface area (Å²) in [5, 5.41) is 11.5. The molecule has 2 heterocycles. The van der Waals surface area contributed by atoms with Crippen molar-refractivity contribution in [3.63, 3.8) is 0 Å². The molecule has 27 heavy (non-hydrogen) atoms. The Labute approximate surface area is 158 Å². The van der Waals surface area contributed by atoms with Crippen LogP contribution in [0.25, 0.3) is 21.8 Å². The summed E-state index contributed by atoms with van der Waals surface area (Å²) in [6.45, 7) is 2.91. The molecule has 2 N–H and O–H groups in total. The lowest BCUT2D eigenvalue weighted by Crippen LogP contribution is -2.37. The molecular weight excluding hydrogens is 340 g/mol. The molecule has 3 aromatic rings. The van der Waals surface area contributed by atoms with Gasteiger partial charge in [0, 0.05) is 35.3 Å². The number of aromatic amines is 1. The predicted molar refractivity (Wildman–Crippen MR) is 107 cm³/mol. The van der Waals surface area contributed by atoms with E-state index in [0.717, 1.165) is 35.0 Å². The molecular formula is C21H26N4O2. The minimum absolute atomic E-state index is 0.117. The molecule has 4 rings (SSSR count). The molecule has 142 valence electrons. The third kappa shape index (κ3) is 3.61. The Bertz CT molecular complexity index is 1010. The van der Waals surface area contributed by atoms with Gasteiger partial charge in [-0.2, -0.15) is 5.10 Å². The van der Waals surface area contributed by atoms with Crippen LogP contribution in [0.3, 0.4) is 0 Å². The number of benzene rings is 1. The van der Waals surface area contributed by atoms with Gasteiger partial charge in [-0.1, -0.05) is 25.1 Å². The maximum absolute atomic E-state index is 12.3. The van der Waals surface area contributed by atoms with Crippen LogP contribution >= 0.6 is 0 Å². The predicted octanol–water partition coefficient (Wildman–Crippen LogP) is 3.35. The standard InChI is InChI=1S/C21H26N4O2/c1-14-8-10-15(11-9-14)23-19(26)7-4-12-25-18-6-3-2-5-16(18)17-13-22-24-21(27)20(17)25/h2-3,5-6,13-15H,4,7-12H2,1H3,(H,23,26)(H,24,27). The summed E-state index contributed by atoms with van der Waals surface area (Å²) in [5.41, 5.74) is 1.45. The lowest BCUT2D eigenvalue weighted by Gasteiger charge is -2.26. The van der Waals surface area contributed by atoms with Crippen LogP contribution < -0.4 is 10.9 Å². The Morgan fingerprint density at radius 3 is 2.81 bits per heavy atom. The Hall–Kier alpha value is -2.63. The average Bonchev–Trinajstić information content (AvgIpc) is 2.99. The van der Waals surface area contributed by atoms with Crippen molar-refractivity contribution in [2.75, 3.05) is 0 Å². The van der Waals surface area contributed by atoms with E-state index < -0.39 is 0 Å². The van der Waals surface area contributed by atoms with Crippen LogP contribution in [0.4, 0.5) is 0 Å². The first-order valence-electron chi connectivity index (χ1n) is 9.87. The van der Waals surface area contributed by atoms with Crippen LogP contribution in [0.5, 0.6) is 0 Å². The molecule has 0 unspecified atom stereocenters. The number of aryl methyl sites for hydroxylation is 1. The molecule has 2 aromatic heterocycles. The second kappa shape index (κ2) is 7.55. The smallest absolute Gasteiger partial charge is 0.288 e. The third-order valence-corrected chi connectivity index (χ3v) is 5.75. The number of hydrogen-bond acceptors (Lipinski definition) is 3. The summed E-state index contributed by atoms with van der Waals surface area (Å²) in [4.78, 5) is 24.7. The minimum Gasteiger partial charge on any atom is -0.353 e. The van der Waals surface area contributed by atoms with Gasteiger partial charge >= 0.3 is 0 Å². The molecule has 1 aliphatic rings. The molecule has 0 saturated heterocycles. The molecule has 1 aromatic carbocycles. The quantitative estimate of drug-likeness (QED) is 0.727. The highest BCUT2D eigenvalue weighted by Gasteiger charge is 2.19. The highest BCUT2D eigenvalue weighted by atomic mass is 16.1. The van der Waals surface area contributed by atoms with Crippen molar-refractivity contribution in [1.29, 1.82) is 0 Å². The van der Waals surface area contributed by atoms with Crippen LogP contribution in [0, 0.1) is 5.92 Å². The molecule has 1 fully saturated rings. The Morgan fingerprint density at radius 1 is 1.22 bits per heavy atom. The van der Waals surface area contributed by atoms with E-state index in [0.29, 0.717) is 30.9 Å². The van der Waals surface area contributed by atoms with Crippen LogP contribution in [-0.4, -0.2) is 26.7 Å². The summed E-state index contributed by atoms with van der Waals surface area (Å²) in [7, 11) is 0. The summed E-state index contributed by atoms with van der Waals surface area (Å²) < 4.78 is 2.01. The van der Waals surface area contributed by atoms with E-state index in [1.165, 1.54) is 12.8 Å². The van der Waals surface area contributed by atoms with E-state index >= 15 is 0 Å². The highest BCUT2D eigenvalue weighted by Crippen LogP contribution is 2.26. The number of nitrogens with zero attached hydrogens (tertiary/aromatic N) is 2. The second-order valence-corrected chi connectivity index (χ2v) is 7.76. The number of hydrogen-bond donors (Lipinski definition) is 2. The van der Waals surface area contributed by atoms with Gasteiger partial charge in [-0.05, 0) is 44.1 Å². The zero-order chi connectivity index (χ0) is 18.8. The number of amides is 1. The number of carbonyl (C=O) groups excluding carboxylic acids is 1. The number of rotatable bonds is 5. The molecule has 0 atom stereocenters. The molecule has 0 spiro atoms. The molecule has 6 nitrogen and oxygen atoms in total. The van der Waals surface area contributed by atoms with Crippen molar-refractivity contribution in [3.05, 3.63) is 40.8 Å². The number of H-pyrrole nitrogens is 1. The Kier molecular flexibility index (Phi) is 4.97. The van der Waals surface area contributed by atoms with Gasteiger partial charge in [0.25, 0.3) is 5.56 Å². The lowest BCUT2D eigenvalue weighted by molar-refractivity contribution is -0.122. The molecule has 1 amide bonds. The summed E-state index contributed by atoms with van der Waals surface area (Å²) in [5.74, 6) is 0.895. The Balaban J connectivity index is 1.46. The van der Waals surface area contributed by atoms with Crippen LogP contribution in [0.1, 0.15) is 45.4 Å². The van der Waals surface area contributed by atoms with Crippen molar-refractivity contribution in [3.8, 4) is 0 Å². The van der Waals surface area contributed by atoms with E-state index in [1.54, 1.807) is 6.20 Å². The van der Waals surface area contributed by atoms with Gasteiger partial charge in [0.15, 0.2) is 0 Å². The second-order valence-electron chi connectivity index (χ2n) is 7.76. The fourth-order valence-electron chi connectivity index (χ4n) is 4.25. The topological polar surface area (TPSA) is 79.8 Å². The fourth-order valence-corrected chi connectivity index (χ4v) is 4.25. The van der Waals surface area contributed by atoms with E-state index in [-0.39, 0.29) is 11.5 Å². The van der Waals surface area contributed by atoms with E-state index in [1.807, 2.05) is 28.8 Å². The first-order chi connectivity index (χ1) is 13.1. The van der Waals surface area contributed by atoms with Crippen molar-refractivity contribution < 1.29 is 4.79 Å². The largest absolute Gasteiger partial charge is 0.353 e.